The molecule has 0 aromatic heterocycles. The molecular weight excluding hydrogens is 516 g/mol. The first-order chi connectivity index (χ1) is 16.6. The molecule has 0 spiro atoms. The van der Waals surface area contributed by atoms with E-state index < -0.39 is 29.5 Å². The molecule has 0 N–H and O–H groups in total. The SMILES string of the molecule is CCc1ccc(S(C)(=O)=O)cc1.CCc1ccc(S(C)(=O)=O)cc1.CCc1ccc(S(C)(=O)=O)cc1. The van der Waals surface area contributed by atoms with Gasteiger partial charge in [-0.1, -0.05) is 57.2 Å². The van der Waals surface area contributed by atoms with E-state index in [4.69, 9.17) is 0 Å². The molecule has 0 atom stereocenters. The Morgan fingerprint density at radius 2 is 0.556 bits per heavy atom. The minimum atomic E-state index is -3.03. The fourth-order valence-electron chi connectivity index (χ4n) is 2.92. The highest BCUT2D eigenvalue weighted by atomic mass is 32.2. The van der Waals surface area contributed by atoms with Gasteiger partial charge in [0.1, 0.15) is 0 Å². The third-order valence-electron chi connectivity index (χ3n) is 5.28. The van der Waals surface area contributed by atoms with E-state index in [2.05, 4.69) is 0 Å². The molecule has 3 rings (SSSR count). The van der Waals surface area contributed by atoms with Crippen molar-refractivity contribution in [3.63, 3.8) is 0 Å². The van der Waals surface area contributed by atoms with Gasteiger partial charge in [0.05, 0.1) is 14.7 Å². The Balaban J connectivity index is 0.000000270. The normalized spacial score (nSPS) is 11.5. The smallest absolute Gasteiger partial charge is 0.175 e. The Labute approximate surface area is 217 Å². The summed E-state index contributed by atoms with van der Waals surface area (Å²) in [5.41, 5.74) is 3.47. The van der Waals surface area contributed by atoms with Crippen LogP contribution in [0.25, 0.3) is 0 Å². The van der Waals surface area contributed by atoms with Crippen molar-refractivity contribution in [2.75, 3.05) is 18.8 Å². The molecule has 0 amide bonds. The van der Waals surface area contributed by atoms with Crippen LogP contribution in [-0.4, -0.2) is 44.0 Å². The van der Waals surface area contributed by atoms with Crippen molar-refractivity contribution in [1.29, 1.82) is 0 Å². The monoisotopic (exact) mass is 552 g/mol. The van der Waals surface area contributed by atoms with Crippen molar-refractivity contribution < 1.29 is 25.3 Å². The third-order valence-corrected chi connectivity index (χ3v) is 8.66. The molecule has 0 aliphatic heterocycles. The van der Waals surface area contributed by atoms with E-state index in [1.807, 2.05) is 57.2 Å². The maximum atomic E-state index is 11.0. The molecule has 0 unspecified atom stereocenters. The van der Waals surface area contributed by atoms with Crippen molar-refractivity contribution in [1.82, 2.24) is 0 Å². The van der Waals surface area contributed by atoms with E-state index in [1.165, 1.54) is 18.8 Å². The van der Waals surface area contributed by atoms with Gasteiger partial charge in [0, 0.05) is 18.8 Å². The highest BCUT2D eigenvalue weighted by Gasteiger charge is 2.06. The van der Waals surface area contributed by atoms with Gasteiger partial charge in [-0.15, -0.1) is 0 Å². The molecule has 0 saturated carbocycles. The maximum absolute atomic E-state index is 11.0. The lowest BCUT2D eigenvalue weighted by Gasteiger charge is -1.99. The van der Waals surface area contributed by atoms with Crippen molar-refractivity contribution in [3.8, 4) is 0 Å². The van der Waals surface area contributed by atoms with Gasteiger partial charge in [0.25, 0.3) is 0 Å². The first-order valence-electron chi connectivity index (χ1n) is 11.5. The lowest BCUT2D eigenvalue weighted by Crippen LogP contribution is -1.96. The number of sulfone groups is 3. The Hall–Kier alpha value is -2.49. The molecule has 0 radical (unpaired) electrons. The van der Waals surface area contributed by atoms with Crippen LogP contribution in [0.5, 0.6) is 0 Å². The van der Waals surface area contributed by atoms with Gasteiger partial charge in [-0.2, -0.15) is 0 Å². The van der Waals surface area contributed by atoms with Crippen molar-refractivity contribution >= 4 is 29.5 Å². The van der Waals surface area contributed by atoms with Crippen LogP contribution in [0.2, 0.25) is 0 Å². The van der Waals surface area contributed by atoms with E-state index >= 15 is 0 Å². The Kier molecular flexibility index (Phi) is 12.0. The summed E-state index contributed by atoms with van der Waals surface area (Å²) in [7, 11) is -9.08. The van der Waals surface area contributed by atoms with E-state index in [0.29, 0.717) is 14.7 Å². The van der Waals surface area contributed by atoms with Crippen LogP contribution in [0.1, 0.15) is 37.5 Å². The molecular formula is C27H36O6S3. The molecule has 0 aliphatic carbocycles. The highest BCUT2D eigenvalue weighted by molar-refractivity contribution is 7.91. The predicted octanol–water partition coefficient (Wildman–Crippen LogP) is 4.96. The van der Waals surface area contributed by atoms with Gasteiger partial charge in [-0.25, -0.2) is 25.3 Å². The second-order valence-electron chi connectivity index (χ2n) is 8.31. The third kappa shape index (κ3) is 11.1. The Morgan fingerprint density at radius 1 is 0.389 bits per heavy atom. The summed E-state index contributed by atoms with van der Waals surface area (Å²) >= 11 is 0. The fourth-order valence-corrected chi connectivity index (χ4v) is 4.81. The molecule has 6 nitrogen and oxygen atoms in total. The van der Waals surface area contributed by atoms with Crippen LogP contribution in [0.3, 0.4) is 0 Å². The average molecular weight is 553 g/mol. The number of rotatable bonds is 6. The van der Waals surface area contributed by atoms with Crippen molar-refractivity contribution in [2.24, 2.45) is 0 Å². The van der Waals surface area contributed by atoms with Crippen LogP contribution in [-0.2, 0) is 48.8 Å². The predicted molar refractivity (Wildman–Crippen MR) is 147 cm³/mol. The van der Waals surface area contributed by atoms with E-state index in [1.54, 1.807) is 36.4 Å². The number of aryl methyl sites for hydroxylation is 3. The molecule has 36 heavy (non-hydrogen) atoms. The summed E-state index contributed by atoms with van der Waals surface area (Å²) in [6.07, 6.45) is 6.45. The Morgan fingerprint density at radius 3 is 0.667 bits per heavy atom. The summed E-state index contributed by atoms with van der Waals surface area (Å²) in [5, 5.41) is 0. The fraction of sp³-hybridized carbons (Fsp3) is 0.333. The van der Waals surface area contributed by atoms with Crippen LogP contribution in [0.15, 0.2) is 87.5 Å². The van der Waals surface area contributed by atoms with Crippen LogP contribution in [0.4, 0.5) is 0 Å². The molecule has 3 aromatic carbocycles. The second-order valence-corrected chi connectivity index (χ2v) is 14.4. The molecule has 0 saturated heterocycles. The number of hydrogen-bond donors (Lipinski definition) is 0. The van der Waals surface area contributed by atoms with Gasteiger partial charge in [-0.3, -0.25) is 0 Å². The molecule has 3 aromatic rings. The molecule has 198 valence electrons. The summed E-state index contributed by atoms with van der Waals surface area (Å²) in [5.74, 6) is 0. The number of hydrogen-bond acceptors (Lipinski definition) is 6. The zero-order valence-electron chi connectivity index (χ0n) is 21.7. The first kappa shape index (κ1) is 31.5. The minimum Gasteiger partial charge on any atom is -0.224 e. The summed E-state index contributed by atoms with van der Waals surface area (Å²) in [6, 6.07) is 20.9. The summed E-state index contributed by atoms with van der Waals surface area (Å²) < 4.78 is 66.2. The zero-order chi connectivity index (χ0) is 27.6. The molecule has 0 heterocycles. The number of benzene rings is 3. The quantitative estimate of drug-likeness (QED) is 0.428. The van der Waals surface area contributed by atoms with Gasteiger partial charge in [0.2, 0.25) is 0 Å². The van der Waals surface area contributed by atoms with E-state index in [-0.39, 0.29) is 0 Å². The molecule has 9 heteroatoms. The van der Waals surface area contributed by atoms with Gasteiger partial charge < -0.3 is 0 Å². The average Bonchev–Trinajstić information content (AvgIpc) is 2.83. The molecule has 0 fully saturated rings. The Bertz CT molecular complexity index is 1230. The van der Waals surface area contributed by atoms with Crippen LogP contribution in [0, 0.1) is 0 Å². The standard InChI is InChI=1S/3C9H12O2S/c3*1-3-8-4-6-9(7-5-8)12(2,10)11/h3*4-7H,3H2,1-2H3. The van der Waals surface area contributed by atoms with E-state index in [9.17, 15) is 25.3 Å². The van der Waals surface area contributed by atoms with Crippen molar-refractivity contribution in [2.45, 2.75) is 54.7 Å². The molecule has 0 aliphatic rings. The lowest BCUT2D eigenvalue weighted by molar-refractivity contribution is 0.600. The maximum Gasteiger partial charge on any atom is 0.175 e. The van der Waals surface area contributed by atoms with Gasteiger partial charge in [0.15, 0.2) is 29.5 Å². The molecule has 0 bridgehead atoms. The van der Waals surface area contributed by atoms with E-state index in [0.717, 1.165) is 36.0 Å². The van der Waals surface area contributed by atoms with Gasteiger partial charge in [-0.05, 0) is 72.4 Å². The lowest BCUT2D eigenvalue weighted by atomic mass is 10.2. The van der Waals surface area contributed by atoms with Crippen LogP contribution < -0.4 is 0 Å². The van der Waals surface area contributed by atoms with Crippen LogP contribution >= 0.6 is 0 Å². The summed E-state index contributed by atoms with van der Waals surface area (Å²) in [6.45, 7) is 6.11. The first-order valence-corrected chi connectivity index (χ1v) is 17.2. The largest absolute Gasteiger partial charge is 0.224 e. The summed E-state index contributed by atoms with van der Waals surface area (Å²) in [4.78, 5) is 1.17. The zero-order valence-corrected chi connectivity index (χ0v) is 24.2. The van der Waals surface area contributed by atoms with Crippen molar-refractivity contribution in [3.05, 3.63) is 89.5 Å². The topological polar surface area (TPSA) is 102 Å². The van der Waals surface area contributed by atoms with Gasteiger partial charge >= 0.3 is 0 Å². The second kappa shape index (κ2) is 13.7. The highest BCUT2D eigenvalue weighted by Crippen LogP contribution is 2.12. The minimum absolute atomic E-state index is 0.389.